The van der Waals surface area contributed by atoms with E-state index in [1.54, 1.807) is 6.07 Å². The summed E-state index contributed by atoms with van der Waals surface area (Å²) >= 11 is 11.7. The van der Waals surface area contributed by atoms with Gasteiger partial charge < -0.3 is 14.3 Å². The minimum absolute atomic E-state index is 0.306. The van der Waals surface area contributed by atoms with Gasteiger partial charge in [-0.3, -0.25) is 0 Å². The van der Waals surface area contributed by atoms with Crippen molar-refractivity contribution >= 4 is 45.2 Å². The van der Waals surface area contributed by atoms with Gasteiger partial charge in [0.25, 0.3) is 0 Å². The Labute approximate surface area is 137 Å². The maximum atomic E-state index is 10.4. The third-order valence-corrected chi connectivity index (χ3v) is 3.34. The molecule has 0 atom stereocenters. The summed E-state index contributed by atoms with van der Waals surface area (Å²) in [6.45, 7) is 0.504. The number of alkyl halides is 1. The normalized spacial score (nSPS) is 12.2. The molecule has 0 aliphatic carbocycles. The number of hydrogen-bond donors (Lipinski definition) is 1. The lowest BCUT2D eigenvalue weighted by Gasteiger charge is -2.04. The molecule has 1 aromatic heterocycles. The number of benzene rings is 1. The Morgan fingerprint density at radius 2 is 2.23 bits per heavy atom. The largest absolute Gasteiger partial charge is 0.490 e. The van der Waals surface area contributed by atoms with Gasteiger partial charge in [-0.05, 0) is 24.6 Å². The second-order valence-corrected chi connectivity index (χ2v) is 5.17. The second-order valence-electron chi connectivity index (χ2n) is 4.39. The SMILES string of the molecule is O=C(O)/C=C/C=C(\Cl)c1cc2cccc(OCCCCl)c2o1. The van der Waals surface area contributed by atoms with E-state index >= 15 is 0 Å². The molecule has 0 amide bonds. The predicted octanol–water partition coefficient (Wildman–Crippen LogP) is 4.66. The fraction of sp³-hybridized carbons (Fsp3) is 0.188. The first-order valence-corrected chi connectivity index (χ1v) is 7.51. The van der Waals surface area contributed by atoms with Gasteiger partial charge in [0, 0.05) is 17.3 Å². The number of furan rings is 1. The molecule has 2 rings (SSSR count). The molecule has 1 aromatic carbocycles. The van der Waals surface area contributed by atoms with Crippen molar-refractivity contribution in [2.24, 2.45) is 0 Å². The van der Waals surface area contributed by atoms with E-state index in [9.17, 15) is 4.79 Å². The van der Waals surface area contributed by atoms with Gasteiger partial charge in [-0.1, -0.05) is 29.8 Å². The van der Waals surface area contributed by atoms with Gasteiger partial charge in [0.2, 0.25) is 0 Å². The van der Waals surface area contributed by atoms with Crippen LogP contribution in [0.1, 0.15) is 12.2 Å². The number of fused-ring (bicyclic) bond motifs is 1. The van der Waals surface area contributed by atoms with Crippen molar-refractivity contribution in [2.45, 2.75) is 6.42 Å². The van der Waals surface area contributed by atoms with E-state index in [2.05, 4.69) is 0 Å². The summed E-state index contributed by atoms with van der Waals surface area (Å²) in [6, 6.07) is 7.33. The Morgan fingerprint density at radius 3 is 2.95 bits per heavy atom. The Hall–Kier alpha value is -1.91. The Balaban J connectivity index is 2.26. The first-order chi connectivity index (χ1) is 10.6. The van der Waals surface area contributed by atoms with Crippen molar-refractivity contribution in [3.8, 4) is 5.75 Å². The average Bonchev–Trinajstić information content (AvgIpc) is 2.92. The van der Waals surface area contributed by atoms with E-state index in [1.807, 2.05) is 18.2 Å². The molecular formula is C16H14Cl2O4. The van der Waals surface area contributed by atoms with Crippen LogP contribution in [0.4, 0.5) is 0 Å². The van der Waals surface area contributed by atoms with Crippen molar-refractivity contribution in [3.63, 3.8) is 0 Å². The molecule has 0 bridgehead atoms. The highest BCUT2D eigenvalue weighted by atomic mass is 35.5. The molecule has 0 unspecified atom stereocenters. The van der Waals surface area contributed by atoms with Crippen LogP contribution >= 0.6 is 23.2 Å². The molecule has 0 aliphatic rings. The Morgan fingerprint density at radius 1 is 1.41 bits per heavy atom. The van der Waals surface area contributed by atoms with E-state index in [1.165, 1.54) is 12.2 Å². The molecule has 1 N–H and O–H groups in total. The van der Waals surface area contributed by atoms with Crippen LogP contribution in [0.15, 0.2) is 46.9 Å². The van der Waals surface area contributed by atoms with Crippen LogP contribution in [0.3, 0.4) is 0 Å². The van der Waals surface area contributed by atoms with E-state index in [4.69, 9.17) is 37.5 Å². The summed E-state index contributed by atoms with van der Waals surface area (Å²) in [4.78, 5) is 10.4. The lowest BCUT2D eigenvalue weighted by Crippen LogP contribution is -1.97. The smallest absolute Gasteiger partial charge is 0.328 e. The maximum Gasteiger partial charge on any atom is 0.328 e. The van der Waals surface area contributed by atoms with Crippen LogP contribution in [0.2, 0.25) is 0 Å². The van der Waals surface area contributed by atoms with Gasteiger partial charge in [0.05, 0.1) is 11.6 Å². The topological polar surface area (TPSA) is 59.7 Å². The zero-order valence-corrected chi connectivity index (χ0v) is 13.1. The average molecular weight is 341 g/mol. The number of aliphatic carboxylic acids is 1. The highest BCUT2D eigenvalue weighted by Crippen LogP contribution is 2.32. The molecule has 2 aromatic rings. The van der Waals surface area contributed by atoms with Crippen LogP contribution in [0.25, 0.3) is 16.0 Å². The Bertz CT molecular complexity index is 716. The number of carboxylic acids is 1. The van der Waals surface area contributed by atoms with Crippen LogP contribution in [-0.2, 0) is 4.79 Å². The zero-order chi connectivity index (χ0) is 15.9. The minimum atomic E-state index is -1.04. The first-order valence-electron chi connectivity index (χ1n) is 6.60. The number of halogens is 2. The molecule has 116 valence electrons. The fourth-order valence-electron chi connectivity index (χ4n) is 1.80. The second kappa shape index (κ2) is 7.92. The van der Waals surface area contributed by atoms with Crippen LogP contribution in [0, 0.1) is 0 Å². The third kappa shape index (κ3) is 4.29. The van der Waals surface area contributed by atoms with E-state index in [0.717, 1.165) is 17.9 Å². The Kier molecular flexibility index (Phi) is 5.92. The van der Waals surface area contributed by atoms with Gasteiger partial charge in [0.1, 0.15) is 5.76 Å². The van der Waals surface area contributed by atoms with Crippen molar-refractivity contribution in [3.05, 3.63) is 48.3 Å². The van der Waals surface area contributed by atoms with E-state index in [0.29, 0.717) is 34.6 Å². The van der Waals surface area contributed by atoms with Crippen molar-refractivity contribution in [1.29, 1.82) is 0 Å². The number of carbonyl (C=O) groups is 1. The first kappa shape index (κ1) is 16.5. The van der Waals surface area contributed by atoms with E-state index in [-0.39, 0.29) is 0 Å². The molecular weight excluding hydrogens is 327 g/mol. The molecule has 6 heteroatoms. The molecule has 0 spiro atoms. The predicted molar refractivity (Wildman–Crippen MR) is 87.7 cm³/mol. The van der Waals surface area contributed by atoms with Gasteiger partial charge in [-0.15, -0.1) is 11.6 Å². The molecule has 0 aliphatic heterocycles. The molecule has 0 radical (unpaired) electrons. The standard InChI is InChI=1S/C16H14Cl2O4/c17-8-3-9-21-13-6-1-4-11-10-14(22-16(11)13)12(18)5-2-7-15(19)20/h1-2,4-7,10H,3,8-9H2,(H,19,20)/b7-2+,12-5-. The monoisotopic (exact) mass is 340 g/mol. The van der Waals surface area contributed by atoms with Crippen LogP contribution in [-0.4, -0.2) is 23.6 Å². The van der Waals surface area contributed by atoms with Crippen molar-refractivity contribution in [1.82, 2.24) is 0 Å². The van der Waals surface area contributed by atoms with Gasteiger partial charge in [-0.25, -0.2) is 4.79 Å². The molecule has 4 nitrogen and oxygen atoms in total. The summed E-state index contributed by atoms with van der Waals surface area (Å²) in [5, 5.41) is 9.70. The van der Waals surface area contributed by atoms with Gasteiger partial charge in [-0.2, -0.15) is 0 Å². The molecule has 0 fully saturated rings. The molecule has 1 heterocycles. The lowest BCUT2D eigenvalue weighted by molar-refractivity contribution is -0.131. The summed E-state index contributed by atoms with van der Waals surface area (Å²) in [6.07, 6.45) is 4.54. The molecule has 22 heavy (non-hydrogen) atoms. The highest BCUT2D eigenvalue weighted by molar-refractivity contribution is 6.48. The quantitative estimate of drug-likeness (QED) is 0.344. The lowest BCUT2D eigenvalue weighted by atomic mass is 10.2. The summed E-state index contributed by atoms with van der Waals surface area (Å²) < 4.78 is 11.3. The van der Waals surface area contributed by atoms with Gasteiger partial charge in [0.15, 0.2) is 11.3 Å². The van der Waals surface area contributed by atoms with Crippen LogP contribution < -0.4 is 4.74 Å². The van der Waals surface area contributed by atoms with Crippen molar-refractivity contribution in [2.75, 3.05) is 12.5 Å². The van der Waals surface area contributed by atoms with Crippen molar-refractivity contribution < 1.29 is 19.1 Å². The number of allylic oxidation sites excluding steroid dienone is 2. The number of ether oxygens (including phenoxy) is 1. The fourth-order valence-corrected chi connectivity index (χ4v) is 2.08. The van der Waals surface area contributed by atoms with E-state index < -0.39 is 5.97 Å². The maximum absolute atomic E-state index is 10.4. The number of rotatable bonds is 7. The van der Waals surface area contributed by atoms with Gasteiger partial charge >= 0.3 is 5.97 Å². The number of carboxylic acid groups (broad SMARTS) is 1. The summed E-state index contributed by atoms with van der Waals surface area (Å²) in [5.41, 5.74) is 0.598. The summed E-state index contributed by atoms with van der Waals surface area (Å²) in [7, 11) is 0. The van der Waals surface area contributed by atoms with Crippen LogP contribution in [0.5, 0.6) is 5.75 Å². The molecule has 0 saturated carbocycles. The number of para-hydroxylation sites is 1. The zero-order valence-electron chi connectivity index (χ0n) is 11.6. The highest BCUT2D eigenvalue weighted by Gasteiger charge is 2.11. The molecule has 0 saturated heterocycles. The number of hydrogen-bond acceptors (Lipinski definition) is 3. The minimum Gasteiger partial charge on any atom is -0.490 e. The summed E-state index contributed by atoms with van der Waals surface area (Å²) in [5.74, 6) is 0.559. The third-order valence-electron chi connectivity index (χ3n) is 2.76.